The number of unbranched alkanes of at least 4 members (excludes halogenated alkanes) is 3. The Hall–Kier alpha value is -1.84. The molecule has 1 heterocycles. The van der Waals surface area contributed by atoms with E-state index in [-0.39, 0.29) is 5.41 Å². The van der Waals surface area contributed by atoms with Crippen molar-refractivity contribution in [1.29, 1.82) is 0 Å². The maximum Gasteiger partial charge on any atom is 0.226 e. The number of para-hydroxylation sites is 2. The fourth-order valence-corrected chi connectivity index (χ4v) is 7.13. The fourth-order valence-electron chi connectivity index (χ4n) is 7.13. The van der Waals surface area contributed by atoms with Crippen LogP contribution in [0.5, 0.6) is 0 Å². The summed E-state index contributed by atoms with van der Waals surface area (Å²) in [6.45, 7) is 3.99. The zero-order valence-electron chi connectivity index (χ0n) is 18.5. The molecule has 4 nitrogen and oxygen atoms in total. The maximum atomic E-state index is 13.2. The van der Waals surface area contributed by atoms with Gasteiger partial charge in [-0.2, -0.15) is 0 Å². The molecule has 1 N–H and O–H groups in total. The molecule has 1 aromatic carbocycles. The summed E-state index contributed by atoms with van der Waals surface area (Å²) in [7, 11) is 0. The van der Waals surface area contributed by atoms with E-state index in [9.17, 15) is 4.79 Å². The van der Waals surface area contributed by atoms with E-state index in [1.54, 1.807) is 0 Å². The summed E-state index contributed by atoms with van der Waals surface area (Å²) in [5.74, 6) is 3.91. The lowest BCUT2D eigenvalue weighted by molar-refractivity contribution is -0.146. The summed E-state index contributed by atoms with van der Waals surface area (Å²) >= 11 is 0. The van der Waals surface area contributed by atoms with Crippen LogP contribution in [0.15, 0.2) is 24.3 Å². The van der Waals surface area contributed by atoms with Gasteiger partial charge in [0.05, 0.1) is 11.0 Å². The molecule has 4 heteroatoms. The van der Waals surface area contributed by atoms with Crippen LogP contribution in [-0.4, -0.2) is 22.0 Å². The van der Waals surface area contributed by atoms with Gasteiger partial charge in [0, 0.05) is 24.9 Å². The van der Waals surface area contributed by atoms with Crippen molar-refractivity contribution in [1.82, 2.24) is 14.9 Å². The monoisotopic (exact) mass is 407 g/mol. The second-order valence-electron chi connectivity index (χ2n) is 10.4. The van der Waals surface area contributed by atoms with Gasteiger partial charge in [-0.1, -0.05) is 38.3 Å². The minimum absolute atomic E-state index is 0.0466. The van der Waals surface area contributed by atoms with E-state index in [4.69, 9.17) is 4.98 Å². The van der Waals surface area contributed by atoms with E-state index < -0.39 is 0 Å². The first-order valence-corrected chi connectivity index (χ1v) is 12.4. The molecule has 30 heavy (non-hydrogen) atoms. The second-order valence-corrected chi connectivity index (χ2v) is 10.4. The zero-order valence-corrected chi connectivity index (χ0v) is 18.5. The molecule has 4 aliphatic rings. The van der Waals surface area contributed by atoms with Gasteiger partial charge in [-0.3, -0.25) is 4.79 Å². The van der Waals surface area contributed by atoms with Crippen LogP contribution in [0.4, 0.5) is 0 Å². The molecule has 2 aromatic rings. The summed E-state index contributed by atoms with van der Waals surface area (Å²) < 4.78 is 2.39. The number of nitrogens with one attached hydrogen (secondary N) is 1. The normalized spacial score (nSPS) is 29.6. The smallest absolute Gasteiger partial charge is 0.226 e. The Kier molecular flexibility index (Phi) is 5.59. The average molecular weight is 408 g/mol. The maximum absolute atomic E-state index is 13.2. The lowest BCUT2D eigenvalue weighted by atomic mass is 9.49. The highest BCUT2D eigenvalue weighted by Gasteiger charge is 2.54. The molecule has 1 amide bonds. The summed E-state index contributed by atoms with van der Waals surface area (Å²) in [6, 6.07) is 8.45. The number of amides is 1. The summed E-state index contributed by atoms with van der Waals surface area (Å²) in [5.41, 5.74) is 2.27. The van der Waals surface area contributed by atoms with Crippen molar-refractivity contribution in [3.8, 4) is 0 Å². The molecule has 0 radical (unpaired) electrons. The number of hydrogen-bond donors (Lipinski definition) is 1. The first kappa shape index (κ1) is 20.1. The standard InChI is InChI=1S/C26H37N3O/c1-2-3-4-7-12-29-23-9-6-5-8-22(23)28-24(29)10-11-27-25(30)26-16-19-13-20(17-26)15-21(14-19)18-26/h5-6,8-9,19-21H,2-4,7,10-18H2,1H3,(H,27,30). The molecule has 0 atom stereocenters. The molecular formula is C26H37N3O. The molecular weight excluding hydrogens is 370 g/mol. The predicted octanol–water partition coefficient (Wildman–Crippen LogP) is 5.49. The Balaban J connectivity index is 1.23. The van der Waals surface area contributed by atoms with Gasteiger partial charge < -0.3 is 9.88 Å². The zero-order chi connectivity index (χ0) is 20.6. The Morgan fingerprint density at radius 1 is 1.07 bits per heavy atom. The van der Waals surface area contributed by atoms with Crippen LogP contribution in [0.1, 0.15) is 77.0 Å². The van der Waals surface area contributed by atoms with Crippen LogP contribution >= 0.6 is 0 Å². The minimum atomic E-state index is -0.0466. The van der Waals surface area contributed by atoms with Gasteiger partial charge in [-0.05, 0) is 74.8 Å². The van der Waals surface area contributed by atoms with Crippen molar-refractivity contribution in [3.05, 3.63) is 30.1 Å². The second kappa shape index (κ2) is 8.36. The largest absolute Gasteiger partial charge is 0.355 e. The van der Waals surface area contributed by atoms with Crippen molar-refractivity contribution in [2.24, 2.45) is 23.2 Å². The Morgan fingerprint density at radius 3 is 2.47 bits per heavy atom. The molecule has 1 aromatic heterocycles. The molecule has 0 spiro atoms. The van der Waals surface area contributed by atoms with E-state index in [1.165, 1.54) is 50.5 Å². The number of rotatable bonds is 9. The molecule has 4 aliphatic carbocycles. The average Bonchev–Trinajstić information content (AvgIpc) is 3.07. The lowest BCUT2D eigenvalue weighted by Crippen LogP contribution is -2.53. The number of carbonyl (C=O) groups is 1. The first-order valence-electron chi connectivity index (χ1n) is 12.4. The minimum Gasteiger partial charge on any atom is -0.355 e. The van der Waals surface area contributed by atoms with E-state index in [2.05, 4.69) is 41.1 Å². The van der Waals surface area contributed by atoms with Gasteiger partial charge in [0.25, 0.3) is 0 Å². The molecule has 4 saturated carbocycles. The Morgan fingerprint density at radius 2 is 1.77 bits per heavy atom. The number of benzene rings is 1. The Labute approximate surface area is 180 Å². The number of hydrogen-bond acceptors (Lipinski definition) is 2. The van der Waals surface area contributed by atoms with Gasteiger partial charge in [-0.15, -0.1) is 0 Å². The summed E-state index contributed by atoms with van der Waals surface area (Å²) in [6.07, 6.45) is 13.4. The number of fused-ring (bicyclic) bond motifs is 1. The number of aromatic nitrogens is 2. The van der Waals surface area contributed by atoms with Crippen LogP contribution in [0.25, 0.3) is 11.0 Å². The van der Waals surface area contributed by atoms with Gasteiger partial charge >= 0.3 is 0 Å². The highest BCUT2D eigenvalue weighted by atomic mass is 16.2. The third-order valence-electron chi connectivity index (χ3n) is 8.12. The van der Waals surface area contributed by atoms with Crippen LogP contribution in [-0.2, 0) is 17.8 Å². The topological polar surface area (TPSA) is 46.9 Å². The quantitative estimate of drug-likeness (QED) is 0.559. The van der Waals surface area contributed by atoms with Gasteiger partial charge in [0.2, 0.25) is 5.91 Å². The van der Waals surface area contributed by atoms with Crippen molar-refractivity contribution < 1.29 is 4.79 Å². The number of aryl methyl sites for hydroxylation is 1. The summed E-state index contributed by atoms with van der Waals surface area (Å²) in [5, 5.41) is 3.34. The first-order chi connectivity index (χ1) is 14.7. The molecule has 6 rings (SSSR count). The summed E-state index contributed by atoms with van der Waals surface area (Å²) in [4.78, 5) is 18.2. The third-order valence-corrected chi connectivity index (χ3v) is 8.12. The third kappa shape index (κ3) is 3.78. The van der Waals surface area contributed by atoms with Gasteiger partial charge in [0.15, 0.2) is 0 Å². The lowest BCUT2D eigenvalue weighted by Gasteiger charge is -2.55. The molecule has 0 unspecified atom stereocenters. The molecule has 4 bridgehead atoms. The number of imidazole rings is 1. The SMILES string of the molecule is CCCCCCn1c(CCNC(=O)C23CC4CC(CC(C4)C2)C3)nc2ccccc21. The highest BCUT2D eigenvalue weighted by Crippen LogP contribution is 2.60. The van der Waals surface area contributed by atoms with Crippen molar-refractivity contribution >= 4 is 16.9 Å². The Bertz CT molecular complexity index is 864. The van der Waals surface area contributed by atoms with Crippen molar-refractivity contribution in [2.45, 2.75) is 84.1 Å². The molecule has 0 aliphatic heterocycles. The van der Waals surface area contributed by atoms with Gasteiger partial charge in [0.1, 0.15) is 5.82 Å². The predicted molar refractivity (Wildman–Crippen MR) is 121 cm³/mol. The molecule has 0 saturated heterocycles. The van der Waals surface area contributed by atoms with E-state index in [1.807, 2.05) is 0 Å². The van der Waals surface area contributed by atoms with Gasteiger partial charge in [-0.25, -0.2) is 4.98 Å². The van der Waals surface area contributed by atoms with Crippen molar-refractivity contribution in [3.63, 3.8) is 0 Å². The van der Waals surface area contributed by atoms with Crippen LogP contribution in [0.2, 0.25) is 0 Å². The van der Waals surface area contributed by atoms with E-state index in [0.717, 1.165) is 61.3 Å². The number of carbonyl (C=O) groups excluding carboxylic acids is 1. The molecule has 4 fully saturated rings. The fraction of sp³-hybridized carbons (Fsp3) is 0.692. The van der Waals surface area contributed by atoms with E-state index >= 15 is 0 Å². The van der Waals surface area contributed by atoms with Crippen LogP contribution in [0.3, 0.4) is 0 Å². The highest BCUT2D eigenvalue weighted by molar-refractivity contribution is 5.83. The van der Waals surface area contributed by atoms with Crippen molar-refractivity contribution in [2.75, 3.05) is 6.54 Å². The van der Waals surface area contributed by atoms with E-state index in [0.29, 0.717) is 12.5 Å². The number of nitrogens with zero attached hydrogens (tertiary/aromatic N) is 2. The van der Waals surface area contributed by atoms with Crippen LogP contribution in [0, 0.1) is 23.2 Å². The van der Waals surface area contributed by atoms with Crippen LogP contribution < -0.4 is 5.32 Å². The molecule has 162 valence electrons.